The fraction of sp³-hybridized carbons (Fsp3) is 0.650. The van der Waals surface area contributed by atoms with Crippen molar-refractivity contribution in [3.8, 4) is 0 Å². The molecule has 1 atom stereocenters. The summed E-state index contributed by atoms with van der Waals surface area (Å²) < 4.78 is 0. The molecule has 3 N–H and O–H groups in total. The first-order valence-corrected chi connectivity index (χ1v) is 10.0. The number of likely N-dealkylation sites (tertiary alicyclic amines) is 2. The predicted molar refractivity (Wildman–Crippen MR) is 104 cm³/mol. The molecule has 0 unspecified atom stereocenters. The Hall–Kier alpha value is -1.99. The van der Waals surface area contributed by atoms with Gasteiger partial charge in [-0.25, -0.2) is 0 Å². The molecule has 7 nitrogen and oxygen atoms in total. The summed E-state index contributed by atoms with van der Waals surface area (Å²) in [6.45, 7) is 5.40. The molecule has 3 heterocycles. The van der Waals surface area contributed by atoms with Gasteiger partial charge in [0.1, 0.15) is 0 Å². The maximum Gasteiger partial charge on any atom is 0.224 e. The molecule has 0 bridgehead atoms. The zero-order valence-electron chi connectivity index (χ0n) is 16.0. The molecular formula is C20H31N5O2. The van der Waals surface area contributed by atoms with Crippen molar-refractivity contribution in [3.63, 3.8) is 0 Å². The number of carbonyl (C=O) groups excluding carboxylic acids is 2. The Balaban J connectivity index is 1.42. The summed E-state index contributed by atoms with van der Waals surface area (Å²) in [4.78, 5) is 32.4. The molecule has 2 saturated heterocycles. The maximum atomic E-state index is 12.4. The number of pyridine rings is 1. The van der Waals surface area contributed by atoms with Gasteiger partial charge in [0.25, 0.3) is 0 Å². The summed E-state index contributed by atoms with van der Waals surface area (Å²) in [5, 5.41) is 2.86. The Labute approximate surface area is 161 Å². The van der Waals surface area contributed by atoms with Gasteiger partial charge < -0.3 is 11.1 Å². The number of rotatable bonds is 7. The van der Waals surface area contributed by atoms with E-state index in [4.69, 9.17) is 5.73 Å². The lowest BCUT2D eigenvalue weighted by Gasteiger charge is -2.42. The van der Waals surface area contributed by atoms with Gasteiger partial charge in [0.15, 0.2) is 0 Å². The van der Waals surface area contributed by atoms with Crippen molar-refractivity contribution in [2.24, 2.45) is 11.7 Å². The Bertz CT molecular complexity index is 616. The molecule has 148 valence electrons. The van der Waals surface area contributed by atoms with E-state index in [9.17, 15) is 9.59 Å². The van der Waals surface area contributed by atoms with Gasteiger partial charge in [0.05, 0.1) is 5.92 Å². The lowest BCUT2D eigenvalue weighted by atomic mass is 9.93. The zero-order valence-corrected chi connectivity index (χ0v) is 16.0. The van der Waals surface area contributed by atoms with Gasteiger partial charge in [-0.3, -0.25) is 24.4 Å². The number of nitrogens with two attached hydrogens (primary N) is 1. The Kier molecular flexibility index (Phi) is 7.18. The minimum atomic E-state index is -0.376. The van der Waals surface area contributed by atoms with Crippen molar-refractivity contribution in [2.75, 3.05) is 32.7 Å². The molecular weight excluding hydrogens is 342 g/mol. The van der Waals surface area contributed by atoms with Crippen molar-refractivity contribution < 1.29 is 9.59 Å². The summed E-state index contributed by atoms with van der Waals surface area (Å²) in [6, 6.07) is 4.69. The Morgan fingerprint density at radius 3 is 2.74 bits per heavy atom. The van der Waals surface area contributed by atoms with Crippen LogP contribution in [0.2, 0.25) is 0 Å². The quantitative estimate of drug-likeness (QED) is 0.736. The number of piperidine rings is 2. The van der Waals surface area contributed by atoms with Crippen LogP contribution < -0.4 is 11.1 Å². The molecule has 2 fully saturated rings. The van der Waals surface area contributed by atoms with Crippen LogP contribution in [0, 0.1) is 5.92 Å². The van der Waals surface area contributed by atoms with Gasteiger partial charge in [0.2, 0.25) is 11.8 Å². The second-order valence-corrected chi connectivity index (χ2v) is 7.71. The molecule has 0 aromatic carbocycles. The van der Waals surface area contributed by atoms with Crippen molar-refractivity contribution in [1.82, 2.24) is 20.1 Å². The van der Waals surface area contributed by atoms with Crippen LogP contribution in [0.25, 0.3) is 0 Å². The third-order valence-electron chi connectivity index (χ3n) is 5.70. The molecule has 1 aromatic heterocycles. The molecule has 7 heteroatoms. The number of primary amides is 1. The smallest absolute Gasteiger partial charge is 0.224 e. The normalized spacial score (nSPS) is 22.4. The monoisotopic (exact) mass is 373 g/mol. The van der Waals surface area contributed by atoms with E-state index < -0.39 is 0 Å². The highest BCUT2D eigenvalue weighted by atomic mass is 16.2. The third kappa shape index (κ3) is 6.01. The van der Waals surface area contributed by atoms with E-state index in [0.29, 0.717) is 12.6 Å². The van der Waals surface area contributed by atoms with E-state index in [-0.39, 0.29) is 24.2 Å². The number of amides is 2. The van der Waals surface area contributed by atoms with Crippen molar-refractivity contribution in [3.05, 3.63) is 30.1 Å². The van der Waals surface area contributed by atoms with E-state index in [2.05, 4.69) is 26.2 Å². The minimum Gasteiger partial charge on any atom is -0.370 e. The summed E-state index contributed by atoms with van der Waals surface area (Å²) in [6.07, 6.45) is 8.25. The number of hydrogen-bond acceptors (Lipinski definition) is 5. The van der Waals surface area contributed by atoms with Crippen LogP contribution in [0.1, 0.15) is 37.7 Å². The number of carbonyl (C=O) groups is 2. The lowest BCUT2D eigenvalue weighted by Crippen LogP contribution is -2.50. The van der Waals surface area contributed by atoms with Crippen LogP contribution in [0.4, 0.5) is 0 Å². The summed E-state index contributed by atoms with van der Waals surface area (Å²) in [7, 11) is 0. The Morgan fingerprint density at radius 1 is 1.22 bits per heavy atom. The zero-order chi connectivity index (χ0) is 19.1. The van der Waals surface area contributed by atoms with Crippen LogP contribution in [-0.2, 0) is 16.1 Å². The fourth-order valence-corrected chi connectivity index (χ4v) is 4.20. The molecule has 0 radical (unpaired) electrons. The first-order chi connectivity index (χ1) is 13.1. The maximum absolute atomic E-state index is 12.4. The SMILES string of the molecule is NC(=O)CCNC(=O)[C@@H]1CCCN(C2CCN(Cc3cccnc3)CC2)C1. The van der Waals surface area contributed by atoms with E-state index in [0.717, 1.165) is 58.4 Å². The first kappa shape index (κ1) is 19.8. The first-order valence-electron chi connectivity index (χ1n) is 10.0. The molecule has 2 amide bonds. The summed E-state index contributed by atoms with van der Waals surface area (Å²) in [5.74, 6) is -0.284. The third-order valence-corrected chi connectivity index (χ3v) is 5.70. The van der Waals surface area contributed by atoms with Crippen molar-refractivity contribution in [2.45, 2.75) is 44.7 Å². The molecule has 2 aliphatic heterocycles. The molecule has 27 heavy (non-hydrogen) atoms. The average molecular weight is 374 g/mol. The number of hydrogen-bond donors (Lipinski definition) is 2. The number of nitrogens with zero attached hydrogens (tertiary/aromatic N) is 3. The second kappa shape index (κ2) is 9.80. The molecule has 2 aliphatic rings. The van der Waals surface area contributed by atoms with Crippen LogP contribution in [-0.4, -0.2) is 65.4 Å². The standard InChI is InChI=1S/C20H31N5O2/c21-19(26)5-9-23-20(27)17-4-2-10-25(15-17)18-6-11-24(12-7-18)14-16-3-1-8-22-13-16/h1,3,8,13,17-18H,2,4-7,9-12,14-15H2,(H2,21,26)(H,23,27)/t17-/m1/s1. The van der Waals surface area contributed by atoms with Gasteiger partial charge in [-0.15, -0.1) is 0 Å². The minimum absolute atomic E-state index is 0.0278. The van der Waals surface area contributed by atoms with Gasteiger partial charge in [0, 0.05) is 44.5 Å². The fourth-order valence-electron chi connectivity index (χ4n) is 4.20. The van der Waals surface area contributed by atoms with E-state index in [1.807, 2.05) is 18.5 Å². The van der Waals surface area contributed by atoms with Crippen molar-refractivity contribution in [1.29, 1.82) is 0 Å². The largest absolute Gasteiger partial charge is 0.370 e. The molecule has 0 aliphatic carbocycles. The van der Waals surface area contributed by atoms with E-state index in [1.54, 1.807) is 0 Å². The Morgan fingerprint density at radius 2 is 2.04 bits per heavy atom. The topological polar surface area (TPSA) is 91.6 Å². The summed E-state index contributed by atoms with van der Waals surface area (Å²) >= 11 is 0. The van der Waals surface area contributed by atoms with Crippen LogP contribution in [0.5, 0.6) is 0 Å². The number of aromatic nitrogens is 1. The van der Waals surface area contributed by atoms with Crippen LogP contribution >= 0.6 is 0 Å². The van der Waals surface area contributed by atoms with Gasteiger partial charge >= 0.3 is 0 Å². The van der Waals surface area contributed by atoms with Crippen molar-refractivity contribution >= 4 is 11.8 Å². The second-order valence-electron chi connectivity index (χ2n) is 7.71. The van der Waals surface area contributed by atoms with Crippen LogP contribution in [0.3, 0.4) is 0 Å². The molecule has 1 aromatic rings. The predicted octanol–water partition coefficient (Wildman–Crippen LogP) is 0.750. The van der Waals surface area contributed by atoms with Gasteiger partial charge in [-0.1, -0.05) is 6.07 Å². The lowest BCUT2D eigenvalue weighted by molar-refractivity contribution is -0.127. The summed E-state index contributed by atoms with van der Waals surface area (Å²) in [5.41, 5.74) is 6.40. The highest BCUT2D eigenvalue weighted by Gasteiger charge is 2.31. The van der Waals surface area contributed by atoms with E-state index in [1.165, 1.54) is 5.56 Å². The van der Waals surface area contributed by atoms with E-state index >= 15 is 0 Å². The molecule has 0 spiro atoms. The highest BCUT2D eigenvalue weighted by Crippen LogP contribution is 2.24. The molecule has 3 rings (SSSR count). The molecule has 0 saturated carbocycles. The number of nitrogens with one attached hydrogen (secondary N) is 1. The van der Waals surface area contributed by atoms with Gasteiger partial charge in [-0.05, 0) is 56.9 Å². The average Bonchev–Trinajstić information content (AvgIpc) is 2.69. The highest BCUT2D eigenvalue weighted by molar-refractivity contribution is 5.80. The van der Waals surface area contributed by atoms with Gasteiger partial charge in [-0.2, -0.15) is 0 Å². The van der Waals surface area contributed by atoms with Crippen LogP contribution in [0.15, 0.2) is 24.5 Å².